The Morgan fingerprint density at radius 1 is 1.50 bits per heavy atom. The molecule has 5 heteroatoms. The van der Waals surface area contributed by atoms with E-state index in [0.717, 1.165) is 32.6 Å². The molecular weight excluding hydrogens is 208 g/mol. The summed E-state index contributed by atoms with van der Waals surface area (Å²) in [5.41, 5.74) is 0. The molecule has 0 bridgehead atoms. The average molecular weight is 228 g/mol. The summed E-state index contributed by atoms with van der Waals surface area (Å²) in [5.74, 6) is -0.262. The van der Waals surface area contributed by atoms with Crippen LogP contribution in [-0.2, 0) is 9.59 Å². The van der Waals surface area contributed by atoms with Crippen molar-refractivity contribution in [3.63, 3.8) is 0 Å². The molecule has 16 heavy (non-hydrogen) atoms. The molecule has 1 unspecified atom stereocenters. The van der Waals surface area contributed by atoms with Crippen LogP contribution >= 0.6 is 0 Å². The third-order valence-corrected chi connectivity index (χ3v) is 3.03. The van der Waals surface area contributed by atoms with E-state index in [1.54, 1.807) is 6.92 Å². The number of carbonyl (C=O) groups is 2. The number of likely N-dealkylation sites (tertiary alicyclic amines) is 1. The lowest BCUT2D eigenvalue weighted by atomic mass is 10.1. The van der Waals surface area contributed by atoms with Gasteiger partial charge in [-0.3, -0.25) is 14.5 Å². The molecule has 1 heterocycles. The van der Waals surface area contributed by atoms with Crippen molar-refractivity contribution in [3.8, 4) is 0 Å². The Morgan fingerprint density at radius 2 is 2.19 bits per heavy atom. The van der Waals surface area contributed by atoms with Gasteiger partial charge in [-0.05, 0) is 25.8 Å². The standard InChI is InChI=1S/C11H20N2O3/c1-3-13(9(2)14)7-10-4-5-12(6-10)8-11(15)16/h10H,3-8H2,1-2H3,(H,15,16). The van der Waals surface area contributed by atoms with Gasteiger partial charge in [-0.2, -0.15) is 0 Å². The molecule has 0 saturated carbocycles. The Kier molecular flexibility index (Phi) is 4.73. The van der Waals surface area contributed by atoms with Gasteiger partial charge in [0.05, 0.1) is 6.54 Å². The van der Waals surface area contributed by atoms with E-state index in [0.29, 0.717) is 5.92 Å². The first kappa shape index (κ1) is 13.0. The van der Waals surface area contributed by atoms with E-state index in [1.165, 1.54) is 0 Å². The zero-order chi connectivity index (χ0) is 12.1. The van der Waals surface area contributed by atoms with Crippen LogP contribution in [0.1, 0.15) is 20.3 Å². The van der Waals surface area contributed by atoms with Crippen LogP contribution in [0.25, 0.3) is 0 Å². The number of carbonyl (C=O) groups excluding carboxylic acids is 1. The maximum absolute atomic E-state index is 11.2. The summed E-state index contributed by atoms with van der Waals surface area (Å²) < 4.78 is 0. The molecule has 1 aliphatic heterocycles. The normalized spacial score (nSPS) is 21.0. The van der Waals surface area contributed by atoms with Crippen LogP contribution in [0.5, 0.6) is 0 Å². The van der Waals surface area contributed by atoms with E-state index in [-0.39, 0.29) is 12.5 Å². The molecule has 1 amide bonds. The molecule has 1 atom stereocenters. The van der Waals surface area contributed by atoms with E-state index in [4.69, 9.17) is 5.11 Å². The summed E-state index contributed by atoms with van der Waals surface area (Å²) in [6.45, 7) is 6.75. The molecule has 0 aromatic heterocycles. The minimum Gasteiger partial charge on any atom is -0.480 e. The fourth-order valence-electron chi connectivity index (χ4n) is 2.19. The van der Waals surface area contributed by atoms with Crippen LogP contribution in [-0.4, -0.2) is 59.5 Å². The second-order valence-electron chi connectivity index (χ2n) is 4.34. The van der Waals surface area contributed by atoms with Crippen molar-refractivity contribution in [2.45, 2.75) is 20.3 Å². The second-order valence-corrected chi connectivity index (χ2v) is 4.34. The molecule has 0 aliphatic carbocycles. The molecule has 1 saturated heterocycles. The number of carboxylic acids is 1. The van der Waals surface area contributed by atoms with Crippen LogP contribution in [0.15, 0.2) is 0 Å². The number of hydrogen-bond acceptors (Lipinski definition) is 3. The quantitative estimate of drug-likeness (QED) is 0.733. The van der Waals surface area contributed by atoms with E-state index in [2.05, 4.69) is 0 Å². The Bertz CT molecular complexity index is 268. The van der Waals surface area contributed by atoms with Crippen LogP contribution in [0, 0.1) is 5.92 Å². The highest BCUT2D eigenvalue weighted by molar-refractivity contribution is 5.73. The Balaban J connectivity index is 2.35. The lowest BCUT2D eigenvalue weighted by Crippen LogP contribution is -2.35. The number of carboxylic acid groups (broad SMARTS) is 1. The van der Waals surface area contributed by atoms with Crippen molar-refractivity contribution in [2.75, 3.05) is 32.7 Å². The summed E-state index contributed by atoms with van der Waals surface area (Å²) in [7, 11) is 0. The molecule has 1 rings (SSSR count). The highest BCUT2D eigenvalue weighted by Gasteiger charge is 2.25. The number of rotatable bonds is 5. The summed E-state index contributed by atoms with van der Waals surface area (Å²) in [6, 6.07) is 0. The van der Waals surface area contributed by atoms with Gasteiger partial charge in [-0.1, -0.05) is 0 Å². The molecule has 0 spiro atoms. The lowest BCUT2D eigenvalue weighted by molar-refractivity contribution is -0.138. The van der Waals surface area contributed by atoms with E-state index < -0.39 is 5.97 Å². The van der Waals surface area contributed by atoms with Crippen LogP contribution in [0.2, 0.25) is 0 Å². The zero-order valence-corrected chi connectivity index (χ0v) is 9.98. The minimum absolute atomic E-state index is 0.0965. The van der Waals surface area contributed by atoms with Gasteiger partial charge in [0.2, 0.25) is 5.91 Å². The monoisotopic (exact) mass is 228 g/mol. The fraction of sp³-hybridized carbons (Fsp3) is 0.818. The topological polar surface area (TPSA) is 60.9 Å². The van der Waals surface area contributed by atoms with Gasteiger partial charge in [0, 0.05) is 26.6 Å². The second kappa shape index (κ2) is 5.84. The van der Waals surface area contributed by atoms with Gasteiger partial charge in [-0.15, -0.1) is 0 Å². The van der Waals surface area contributed by atoms with Crippen molar-refractivity contribution < 1.29 is 14.7 Å². The highest BCUT2D eigenvalue weighted by atomic mass is 16.4. The Morgan fingerprint density at radius 3 is 2.69 bits per heavy atom. The van der Waals surface area contributed by atoms with Crippen LogP contribution in [0.3, 0.4) is 0 Å². The van der Waals surface area contributed by atoms with Crippen LogP contribution < -0.4 is 0 Å². The molecule has 0 aromatic rings. The van der Waals surface area contributed by atoms with Crippen LogP contribution in [0.4, 0.5) is 0 Å². The lowest BCUT2D eigenvalue weighted by Gasteiger charge is -2.23. The average Bonchev–Trinajstić information content (AvgIpc) is 2.60. The van der Waals surface area contributed by atoms with E-state index in [9.17, 15) is 9.59 Å². The van der Waals surface area contributed by atoms with E-state index in [1.807, 2.05) is 16.7 Å². The summed E-state index contributed by atoms with van der Waals surface area (Å²) in [4.78, 5) is 25.5. The Labute approximate surface area is 96.0 Å². The first-order valence-electron chi connectivity index (χ1n) is 5.72. The third-order valence-electron chi connectivity index (χ3n) is 3.03. The number of hydrogen-bond donors (Lipinski definition) is 1. The van der Waals surface area contributed by atoms with Gasteiger partial charge in [0.1, 0.15) is 0 Å². The predicted octanol–water partition coefficient (Wildman–Crippen LogP) is 0.261. The van der Waals surface area contributed by atoms with E-state index >= 15 is 0 Å². The molecule has 92 valence electrons. The third kappa shape index (κ3) is 3.81. The minimum atomic E-state index is -0.778. The first-order valence-corrected chi connectivity index (χ1v) is 5.72. The largest absolute Gasteiger partial charge is 0.480 e. The summed E-state index contributed by atoms with van der Waals surface area (Å²) >= 11 is 0. The predicted molar refractivity (Wildman–Crippen MR) is 60.1 cm³/mol. The van der Waals surface area contributed by atoms with Gasteiger partial charge >= 0.3 is 5.97 Å². The molecule has 5 nitrogen and oxygen atoms in total. The smallest absolute Gasteiger partial charge is 0.317 e. The van der Waals surface area contributed by atoms with Crippen molar-refractivity contribution in [1.29, 1.82) is 0 Å². The number of amides is 1. The summed E-state index contributed by atoms with van der Waals surface area (Å²) in [5, 5.41) is 8.67. The van der Waals surface area contributed by atoms with Crippen molar-refractivity contribution >= 4 is 11.9 Å². The molecule has 1 fully saturated rings. The maximum Gasteiger partial charge on any atom is 0.317 e. The summed E-state index contributed by atoms with van der Waals surface area (Å²) in [6.07, 6.45) is 0.983. The van der Waals surface area contributed by atoms with Crippen molar-refractivity contribution in [1.82, 2.24) is 9.80 Å². The number of aliphatic carboxylic acids is 1. The first-order chi connectivity index (χ1) is 7.52. The molecule has 0 radical (unpaired) electrons. The SMILES string of the molecule is CCN(CC1CCN(CC(=O)O)C1)C(C)=O. The molecule has 1 N–H and O–H groups in total. The molecular formula is C11H20N2O3. The molecule has 1 aliphatic rings. The number of nitrogens with zero attached hydrogens (tertiary/aromatic N) is 2. The van der Waals surface area contributed by atoms with Gasteiger partial charge in [0.25, 0.3) is 0 Å². The van der Waals surface area contributed by atoms with Gasteiger partial charge < -0.3 is 10.0 Å². The van der Waals surface area contributed by atoms with Crippen molar-refractivity contribution in [3.05, 3.63) is 0 Å². The fourth-order valence-corrected chi connectivity index (χ4v) is 2.19. The Hall–Kier alpha value is -1.10. The van der Waals surface area contributed by atoms with Crippen molar-refractivity contribution in [2.24, 2.45) is 5.92 Å². The highest BCUT2D eigenvalue weighted by Crippen LogP contribution is 2.17. The zero-order valence-electron chi connectivity index (χ0n) is 9.98. The van der Waals surface area contributed by atoms with Gasteiger partial charge in [0.15, 0.2) is 0 Å². The van der Waals surface area contributed by atoms with Gasteiger partial charge in [-0.25, -0.2) is 0 Å². The molecule has 0 aromatic carbocycles. The maximum atomic E-state index is 11.2.